The third-order valence-electron chi connectivity index (χ3n) is 7.56. The van der Waals surface area contributed by atoms with Crippen LogP contribution in [0.15, 0.2) is 95.1 Å². The fourth-order valence-electron chi connectivity index (χ4n) is 6.10. The molecular weight excluding hydrogens is 440 g/mol. The number of amides is 2. The number of methoxy groups -OCH3 is 1. The van der Waals surface area contributed by atoms with Crippen molar-refractivity contribution in [2.45, 2.75) is 19.8 Å². The Morgan fingerprint density at radius 2 is 1.11 bits per heavy atom. The van der Waals surface area contributed by atoms with Crippen molar-refractivity contribution in [1.29, 1.82) is 0 Å². The second kappa shape index (κ2) is 7.37. The summed E-state index contributed by atoms with van der Waals surface area (Å²) in [6.45, 7) is 3.67. The number of hydrogen-bond donors (Lipinski definition) is 0. The molecule has 35 heavy (non-hydrogen) atoms. The quantitative estimate of drug-likeness (QED) is 0.566. The van der Waals surface area contributed by atoms with Crippen LogP contribution in [-0.4, -0.2) is 30.3 Å². The van der Waals surface area contributed by atoms with E-state index in [9.17, 15) is 9.59 Å². The lowest BCUT2D eigenvalue weighted by atomic mass is 9.85. The summed E-state index contributed by atoms with van der Waals surface area (Å²) in [5.41, 5.74) is 0.937. The number of fused-ring (bicyclic) bond motifs is 1. The molecule has 1 fully saturated rings. The minimum absolute atomic E-state index is 0.227. The lowest BCUT2D eigenvalue weighted by Crippen LogP contribution is -2.40. The molecule has 0 aromatic heterocycles. The Morgan fingerprint density at radius 1 is 0.686 bits per heavy atom. The summed E-state index contributed by atoms with van der Waals surface area (Å²) in [5.74, 6) is -0.322. The largest absolute Gasteiger partial charge is 0.496 e. The van der Waals surface area contributed by atoms with Gasteiger partial charge in [-0.25, -0.2) is 0 Å². The van der Waals surface area contributed by atoms with Gasteiger partial charge in [-0.2, -0.15) is 20.2 Å². The first-order valence-corrected chi connectivity index (χ1v) is 11.5. The molecule has 2 aliphatic heterocycles. The predicted molar refractivity (Wildman–Crippen MR) is 135 cm³/mol. The molecule has 2 amide bonds. The Bertz CT molecular complexity index is 1330. The first kappa shape index (κ1) is 21.3. The number of anilines is 2. The molecule has 1 saturated carbocycles. The van der Waals surface area contributed by atoms with Crippen LogP contribution in [0, 0.1) is 10.8 Å². The van der Waals surface area contributed by atoms with E-state index in [4.69, 9.17) is 14.9 Å². The molecule has 7 nitrogen and oxygen atoms in total. The van der Waals surface area contributed by atoms with Crippen molar-refractivity contribution in [1.82, 2.24) is 0 Å². The molecule has 3 aliphatic rings. The van der Waals surface area contributed by atoms with E-state index in [0.717, 1.165) is 5.56 Å². The van der Waals surface area contributed by atoms with Gasteiger partial charge >= 0.3 is 0 Å². The maximum absolute atomic E-state index is 14.3. The Kier molecular flexibility index (Phi) is 4.48. The maximum atomic E-state index is 14.3. The number of para-hydroxylation sites is 3. The summed E-state index contributed by atoms with van der Waals surface area (Å²) in [4.78, 5) is 28.6. The van der Waals surface area contributed by atoms with Crippen LogP contribution in [0.5, 0.6) is 5.75 Å². The zero-order chi connectivity index (χ0) is 24.4. The highest BCUT2D eigenvalue weighted by molar-refractivity contribution is 6.37. The Hall–Kier alpha value is -4.26. The van der Waals surface area contributed by atoms with Crippen molar-refractivity contribution < 1.29 is 14.3 Å². The zero-order valence-corrected chi connectivity index (χ0v) is 19.7. The summed E-state index contributed by atoms with van der Waals surface area (Å²) in [6.07, 6.45) is 0. The molecule has 0 saturated heterocycles. The summed E-state index contributed by atoms with van der Waals surface area (Å²) >= 11 is 0. The molecule has 2 atom stereocenters. The third kappa shape index (κ3) is 2.50. The van der Waals surface area contributed by atoms with Crippen molar-refractivity contribution in [2.24, 2.45) is 21.0 Å². The predicted octanol–water partition coefficient (Wildman–Crippen LogP) is 4.61. The fourth-order valence-corrected chi connectivity index (χ4v) is 6.10. The molecule has 0 N–H and O–H groups in total. The van der Waals surface area contributed by atoms with Crippen LogP contribution in [0.1, 0.15) is 25.3 Å². The van der Waals surface area contributed by atoms with E-state index in [1.807, 2.05) is 98.8 Å². The average Bonchev–Trinajstić information content (AvgIpc) is 3.37. The average molecular weight is 465 g/mol. The number of hydrogen-bond acceptors (Lipinski definition) is 5. The smallest absolute Gasteiger partial charge is 0.261 e. The number of nitrogens with zero attached hydrogens (tertiary/aromatic N) is 4. The highest BCUT2D eigenvalue weighted by atomic mass is 16.5. The van der Waals surface area contributed by atoms with Crippen molar-refractivity contribution >= 4 is 34.6 Å². The summed E-state index contributed by atoms with van der Waals surface area (Å²) in [7, 11) is 1.60. The highest BCUT2D eigenvalue weighted by Gasteiger charge is 2.91. The van der Waals surface area contributed by atoms with Crippen molar-refractivity contribution in [3.8, 4) is 5.75 Å². The van der Waals surface area contributed by atoms with E-state index in [2.05, 4.69) is 0 Å². The lowest BCUT2D eigenvalue weighted by Gasteiger charge is -2.18. The minimum atomic E-state index is -1.19. The summed E-state index contributed by atoms with van der Waals surface area (Å²) < 4.78 is 5.69. The van der Waals surface area contributed by atoms with Crippen LogP contribution in [0.2, 0.25) is 0 Å². The third-order valence-corrected chi connectivity index (χ3v) is 7.56. The van der Waals surface area contributed by atoms with Crippen molar-refractivity contribution in [3.63, 3.8) is 0 Å². The minimum Gasteiger partial charge on any atom is -0.496 e. The number of rotatable bonds is 4. The number of benzene rings is 3. The molecule has 0 radical (unpaired) electrons. The molecule has 1 aliphatic carbocycles. The SMILES string of the molecule is COc1ccccc1C1[C@]2(C(=O)N(c3ccccc3)N=C2C)[C@@]12C(=O)N(c1ccccc1)N=C2C. The molecule has 174 valence electrons. The Morgan fingerprint density at radius 3 is 1.57 bits per heavy atom. The topological polar surface area (TPSA) is 74.6 Å². The van der Waals surface area contributed by atoms with E-state index >= 15 is 0 Å². The van der Waals surface area contributed by atoms with Crippen LogP contribution in [0.3, 0.4) is 0 Å². The summed E-state index contributed by atoms with van der Waals surface area (Å²) in [6, 6.07) is 26.2. The zero-order valence-electron chi connectivity index (χ0n) is 19.7. The first-order chi connectivity index (χ1) is 17.0. The van der Waals surface area contributed by atoms with Gasteiger partial charge in [-0.15, -0.1) is 0 Å². The standard InChI is InChI=1S/C28H24N4O3/c1-18-27(25(33)31(29-18)20-12-6-4-7-13-20)24(22-16-10-11-17-23(22)35-3)28(27)19(2)30-32(26(28)34)21-14-8-5-9-15-21/h4-17,24H,1-3H3/t27-,28-/m1/s1. The molecule has 0 unspecified atom stereocenters. The van der Waals surface area contributed by atoms with Gasteiger partial charge in [0.15, 0.2) is 0 Å². The van der Waals surface area contributed by atoms with Crippen LogP contribution in [0.25, 0.3) is 0 Å². The highest BCUT2D eigenvalue weighted by Crippen LogP contribution is 2.80. The van der Waals surface area contributed by atoms with Gasteiger partial charge in [0.2, 0.25) is 0 Å². The van der Waals surface area contributed by atoms with Crippen LogP contribution >= 0.6 is 0 Å². The molecule has 6 rings (SSSR count). The molecule has 3 aromatic rings. The van der Waals surface area contributed by atoms with Gasteiger partial charge in [0.05, 0.1) is 29.9 Å². The number of hydrazone groups is 2. The summed E-state index contributed by atoms with van der Waals surface area (Å²) in [5, 5.41) is 12.3. The van der Waals surface area contributed by atoms with Crippen LogP contribution in [-0.2, 0) is 9.59 Å². The van der Waals surface area contributed by atoms with Gasteiger partial charge in [0, 0.05) is 11.5 Å². The van der Waals surface area contributed by atoms with E-state index in [1.54, 1.807) is 7.11 Å². The van der Waals surface area contributed by atoms with E-state index in [-0.39, 0.29) is 11.8 Å². The van der Waals surface area contributed by atoms with E-state index in [1.165, 1.54) is 10.0 Å². The number of ether oxygens (including phenoxy) is 1. The fraction of sp³-hybridized carbons (Fsp3) is 0.214. The Labute approximate surface area is 203 Å². The van der Waals surface area contributed by atoms with Crippen molar-refractivity contribution in [3.05, 3.63) is 90.5 Å². The van der Waals surface area contributed by atoms with Gasteiger partial charge < -0.3 is 4.74 Å². The van der Waals surface area contributed by atoms with E-state index < -0.39 is 16.7 Å². The molecule has 0 bridgehead atoms. The Balaban J connectivity index is 1.56. The van der Waals surface area contributed by atoms with E-state index in [0.29, 0.717) is 28.5 Å². The molecule has 2 spiro atoms. The molecule has 3 aromatic carbocycles. The van der Waals surface area contributed by atoms with Gasteiger partial charge in [-0.05, 0) is 44.2 Å². The monoisotopic (exact) mass is 464 g/mol. The second-order valence-electron chi connectivity index (χ2n) is 9.07. The molecule has 7 heteroatoms. The van der Waals surface area contributed by atoms with Gasteiger partial charge in [0.25, 0.3) is 11.8 Å². The normalized spacial score (nSPS) is 27.0. The van der Waals surface area contributed by atoms with Gasteiger partial charge in [-0.1, -0.05) is 54.6 Å². The number of carbonyl (C=O) groups is 2. The maximum Gasteiger partial charge on any atom is 0.261 e. The lowest BCUT2D eigenvalue weighted by molar-refractivity contribution is -0.126. The second-order valence-corrected chi connectivity index (χ2v) is 9.07. The van der Waals surface area contributed by atoms with Gasteiger partial charge in [0.1, 0.15) is 16.6 Å². The number of carbonyl (C=O) groups excluding carboxylic acids is 2. The molecular formula is C28H24N4O3. The van der Waals surface area contributed by atoms with Gasteiger partial charge in [-0.3, -0.25) is 9.59 Å². The van der Waals surface area contributed by atoms with Crippen LogP contribution < -0.4 is 14.8 Å². The van der Waals surface area contributed by atoms with Crippen molar-refractivity contribution in [2.75, 3.05) is 17.1 Å². The van der Waals surface area contributed by atoms with Crippen LogP contribution in [0.4, 0.5) is 11.4 Å². The molecule has 2 heterocycles. The first-order valence-electron chi connectivity index (χ1n) is 11.5.